The standard InChI is InChI=1S/C33H30ClNO2/c1-3-35-28-12-8-7-11-25(28)26-19-24(15-16-29(26)35)30-21(2)27(34)17-18-33(30,20-22-13-14-22)32(37)31(36)23-9-5-4-6-10-23/h4-12,15-19,22,30H,3,13-14,20H2,1-2H3. The molecule has 1 saturated carbocycles. The van der Waals surface area contributed by atoms with Gasteiger partial charge in [0.2, 0.25) is 11.6 Å². The first kappa shape index (κ1) is 23.9. The van der Waals surface area contributed by atoms with Gasteiger partial charge in [-0.2, -0.15) is 0 Å². The average molecular weight is 508 g/mol. The minimum absolute atomic E-state index is 0.307. The zero-order chi connectivity index (χ0) is 25.7. The molecule has 2 atom stereocenters. The Bertz CT molecular complexity index is 1610. The predicted molar refractivity (Wildman–Crippen MR) is 151 cm³/mol. The van der Waals surface area contributed by atoms with E-state index in [9.17, 15) is 9.59 Å². The number of aromatic nitrogens is 1. The fraction of sp³-hybridized carbons (Fsp3) is 0.273. The molecule has 2 aliphatic carbocycles. The van der Waals surface area contributed by atoms with Gasteiger partial charge in [0.1, 0.15) is 0 Å². The first-order valence-electron chi connectivity index (χ1n) is 13.1. The van der Waals surface area contributed by atoms with Gasteiger partial charge in [-0.05, 0) is 61.6 Å². The maximum Gasteiger partial charge on any atom is 0.229 e. The summed E-state index contributed by atoms with van der Waals surface area (Å²) in [6.45, 7) is 5.04. The molecule has 2 aliphatic rings. The zero-order valence-corrected chi connectivity index (χ0v) is 22.0. The molecule has 4 heteroatoms. The van der Waals surface area contributed by atoms with Gasteiger partial charge >= 0.3 is 0 Å². The Kier molecular flexibility index (Phi) is 5.92. The number of fused-ring (bicyclic) bond motifs is 3. The van der Waals surface area contributed by atoms with Crippen LogP contribution in [0.25, 0.3) is 21.8 Å². The van der Waals surface area contributed by atoms with Crippen LogP contribution in [0.15, 0.2) is 95.6 Å². The predicted octanol–water partition coefficient (Wildman–Crippen LogP) is 8.22. The van der Waals surface area contributed by atoms with Crippen LogP contribution in [0.2, 0.25) is 0 Å². The molecule has 3 aromatic carbocycles. The number of ketones is 2. The number of para-hydroxylation sites is 1. The first-order chi connectivity index (χ1) is 17.9. The lowest BCUT2D eigenvalue weighted by molar-refractivity contribution is -0.123. The molecule has 0 spiro atoms. The number of benzene rings is 3. The molecule has 186 valence electrons. The third-order valence-electron chi connectivity index (χ3n) is 8.29. The van der Waals surface area contributed by atoms with Crippen molar-refractivity contribution < 1.29 is 9.59 Å². The Morgan fingerprint density at radius 3 is 2.38 bits per heavy atom. The van der Waals surface area contributed by atoms with Crippen LogP contribution in [-0.4, -0.2) is 16.1 Å². The minimum Gasteiger partial charge on any atom is -0.341 e. The highest BCUT2D eigenvalue weighted by Gasteiger charge is 2.51. The van der Waals surface area contributed by atoms with Crippen LogP contribution >= 0.6 is 11.6 Å². The van der Waals surface area contributed by atoms with Crippen molar-refractivity contribution in [2.45, 2.75) is 45.6 Å². The Hall–Kier alpha value is -3.43. The van der Waals surface area contributed by atoms with E-state index in [0.29, 0.717) is 22.9 Å². The maximum atomic E-state index is 14.3. The molecule has 1 heterocycles. The molecular weight excluding hydrogens is 478 g/mol. The lowest BCUT2D eigenvalue weighted by atomic mass is 9.60. The quantitative estimate of drug-likeness (QED) is 0.187. The zero-order valence-electron chi connectivity index (χ0n) is 21.2. The molecule has 1 fully saturated rings. The number of carbonyl (C=O) groups is 2. The number of hydrogen-bond acceptors (Lipinski definition) is 2. The summed E-state index contributed by atoms with van der Waals surface area (Å²) in [6.07, 6.45) is 6.62. The van der Waals surface area contributed by atoms with Crippen molar-refractivity contribution in [2.24, 2.45) is 11.3 Å². The van der Waals surface area contributed by atoms with Gasteiger partial charge in [-0.15, -0.1) is 0 Å². The molecule has 0 amide bonds. The van der Waals surface area contributed by atoms with Crippen LogP contribution < -0.4 is 0 Å². The fourth-order valence-electron chi connectivity index (χ4n) is 6.33. The summed E-state index contributed by atoms with van der Waals surface area (Å²) in [5.74, 6) is -0.633. The number of hydrogen-bond donors (Lipinski definition) is 0. The summed E-state index contributed by atoms with van der Waals surface area (Å²) in [6, 6.07) is 23.9. The maximum absolute atomic E-state index is 14.3. The van der Waals surface area contributed by atoms with E-state index in [1.807, 2.05) is 37.3 Å². The molecule has 0 N–H and O–H groups in total. The van der Waals surface area contributed by atoms with Gasteiger partial charge in [-0.3, -0.25) is 9.59 Å². The van der Waals surface area contributed by atoms with Crippen LogP contribution in [0.3, 0.4) is 0 Å². The van der Waals surface area contributed by atoms with Crippen LogP contribution in [0.5, 0.6) is 0 Å². The summed E-state index contributed by atoms with van der Waals surface area (Å²) in [4.78, 5) is 27.9. The Balaban J connectivity index is 1.55. The molecule has 2 unspecified atom stereocenters. The number of nitrogens with zero attached hydrogens (tertiary/aromatic N) is 1. The fourth-order valence-corrected chi connectivity index (χ4v) is 6.50. The van der Waals surface area contributed by atoms with E-state index < -0.39 is 11.2 Å². The molecule has 4 aromatic rings. The van der Waals surface area contributed by atoms with Gasteiger partial charge in [0.25, 0.3) is 0 Å². The van der Waals surface area contributed by atoms with Crippen LogP contribution in [-0.2, 0) is 11.3 Å². The summed E-state index contributed by atoms with van der Waals surface area (Å²) in [5.41, 5.74) is 3.82. The number of rotatable bonds is 7. The number of carbonyl (C=O) groups excluding carboxylic acids is 2. The summed E-state index contributed by atoms with van der Waals surface area (Å²) in [5, 5.41) is 3.00. The van der Waals surface area contributed by atoms with Gasteiger partial charge in [-0.1, -0.05) is 85.1 Å². The van der Waals surface area contributed by atoms with E-state index in [0.717, 1.165) is 35.9 Å². The molecule has 3 nitrogen and oxygen atoms in total. The van der Waals surface area contributed by atoms with Gasteiger partial charge in [-0.25, -0.2) is 0 Å². The van der Waals surface area contributed by atoms with Crippen LogP contribution in [0.4, 0.5) is 0 Å². The van der Waals surface area contributed by atoms with Crippen molar-refractivity contribution in [1.29, 1.82) is 0 Å². The lowest BCUT2D eigenvalue weighted by Crippen LogP contribution is -2.42. The number of Topliss-reactive ketones (excluding diaryl/α,β-unsaturated/α-hetero) is 2. The SMILES string of the molecule is CCn1c2ccccc2c2cc(C3C(C)=C(Cl)C=CC3(CC3CC3)C(=O)C(=O)c3ccccc3)ccc21. The highest BCUT2D eigenvalue weighted by Crippen LogP contribution is 2.55. The topological polar surface area (TPSA) is 39.1 Å². The van der Waals surface area contributed by atoms with E-state index in [4.69, 9.17) is 11.6 Å². The molecule has 6 rings (SSSR count). The monoisotopic (exact) mass is 507 g/mol. The second kappa shape index (κ2) is 9.15. The minimum atomic E-state index is -0.965. The van der Waals surface area contributed by atoms with Gasteiger partial charge < -0.3 is 4.57 Å². The van der Waals surface area contributed by atoms with Crippen molar-refractivity contribution in [3.05, 3.63) is 107 Å². The molecule has 0 bridgehead atoms. The van der Waals surface area contributed by atoms with Crippen LogP contribution in [0, 0.1) is 11.3 Å². The number of halogens is 1. The highest BCUT2D eigenvalue weighted by molar-refractivity contribution is 6.46. The summed E-state index contributed by atoms with van der Waals surface area (Å²) in [7, 11) is 0. The van der Waals surface area contributed by atoms with E-state index >= 15 is 0 Å². The van der Waals surface area contributed by atoms with E-state index in [2.05, 4.69) is 54.0 Å². The van der Waals surface area contributed by atoms with Crippen molar-refractivity contribution >= 4 is 45.0 Å². The largest absolute Gasteiger partial charge is 0.341 e. The highest BCUT2D eigenvalue weighted by atomic mass is 35.5. The third kappa shape index (κ3) is 3.88. The second-order valence-electron chi connectivity index (χ2n) is 10.5. The average Bonchev–Trinajstić information content (AvgIpc) is 3.69. The molecule has 0 saturated heterocycles. The Labute approximate surface area is 222 Å². The third-order valence-corrected chi connectivity index (χ3v) is 8.71. The van der Waals surface area contributed by atoms with Crippen molar-refractivity contribution in [3.63, 3.8) is 0 Å². The van der Waals surface area contributed by atoms with Crippen molar-refractivity contribution in [3.8, 4) is 0 Å². The molecule has 37 heavy (non-hydrogen) atoms. The first-order valence-corrected chi connectivity index (χ1v) is 13.5. The lowest BCUT2D eigenvalue weighted by Gasteiger charge is -2.41. The van der Waals surface area contributed by atoms with E-state index in [1.54, 1.807) is 12.1 Å². The molecule has 0 radical (unpaired) electrons. The summed E-state index contributed by atoms with van der Waals surface area (Å²) >= 11 is 6.72. The van der Waals surface area contributed by atoms with Crippen LogP contribution in [0.1, 0.15) is 54.9 Å². The normalized spacial score (nSPS) is 21.6. The molecular formula is C33H30ClNO2. The molecule has 1 aromatic heterocycles. The van der Waals surface area contributed by atoms with Gasteiger partial charge in [0.15, 0.2) is 0 Å². The van der Waals surface area contributed by atoms with E-state index in [-0.39, 0.29) is 11.7 Å². The number of allylic oxidation sites excluding steroid dienone is 4. The van der Waals surface area contributed by atoms with Gasteiger partial charge in [0.05, 0.1) is 5.41 Å². The molecule has 0 aliphatic heterocycles. The Morgan fingerprint density at radius 2 is 1.65 bits per heavy atom. The van der Waals surface area contributed by atoms with E-state index in [1.165, 1.54) is 16.4 Å². The van der Waals surface area contributed by atoms with Crippen molar-refractivity contribution in [1.82, 2.24) is 4.57 Å². The van der Waals surface area contributed by atoms with Crippen molar-refractivity contribution in [2.75, 3.05) is 0 Å². The smallest absolute Gasteiger partial charge is 0.229 e. The second-order valence-corrected chi connectivity index (χ2v) is 11.0. The number of aryl methyl sites for hydroxylation is 1. The van der Waals surface area contributed by atoms with Gasteiger partial charge in [0, 0.05) is 44.9 Å². The summed E-state index contributed by atoms with van der Waals surface area (Å²) < 4.78 is 2.33. The Morgan fingerprint density at radius 1 is 0.946 bits per heavy atom.